The number of aromatic nitrogens is 2. The van der Waals surface area contributed by atoms with E-state index in [1.165, 1.54) is 0 Å². The normalized spacial score (nSPS) is 17.4. The van der Waals surface area contributed by atoms with Crippen molar-refractivity contribution in [3.05, 3.63) is 29.6 Å². The van der Waals surface area contributed by atoms with Crippen LogP contribution in [0.25, 0.3) is 11.0 Å². The number of nitrogens with two attached hydrogens (primary N) is 1. The standard InChI is InChI=1S/C19H27N5O2/c1-11(2)15(16-21-13-7-6-12(3)10-14(13)22-16)23-18(26)24-19(17(20)25)8-4-5-9-19/h6-7,10-11,15H,4-5,8-9H2,1-3H3,(H2,20,25)(H,21,22)(H2,23,24,26)/t15-/m1/s1. The number of nitrogens with zero attached hydrogens (tertiary/aromatic N) is 1. The first-order chi connectivity index (χ1) is 12.3. The molecule has 26 heavy (non-hydrogen) atoms. The predicted octanol–water partition coefficient (Wildman–Crippen LogP) is 2.67. The molecule has 0 bridgehead atoms. The third-order valence-corrected chi connectivity index (χ3v) is 5.19. The van der Waals surface area contributed by atoms with Gasteiger partial charge >= 0.3 is 6.03 Å². The predicted molar refractivity (Wildman–Crippen MR) is 100 cm³/mol. The molecule has 0 radical (unpaired) electrons. The largest absolute Gasteiger partial charge is 0.368 e. The smallest absolute Gasteiger partial charge is 0.316 e. The average molecular weight is 357 g/mol. The molecule has 5 N–H and O–H groups in total. The summed E-state index contributed by atoms with van der Waals surface area (Å²) in [6.45, 7) is 6.06. The maximum Gasteiger partial charge on any atom is 0.316 e. The fourth-order valence-electron chi connectivity index (χ4n) is 3.65. The number of imidazole rings is 1. The number of aromatic amines is 1. The van der Waals surface area contributed by atoms with E-state index >= 15 is 0 Å². The average Bonchev–Trinajstić information content (AvgIpc) is 3.19. The number of primary amides is 1. The van der Waals surface area contributed by atoms with Gasteiger partial charge < -0.3 is 21.4 Å². The van der Waals surface area contributed by atoms with Crippen molar-refractivity contribution >= 4 is 23.0 Å². The summed E-state index contributed by atoms with van der Waals surface area (Å²) < 4.78 is 0. The number of nitrogens with one attached hydrogen (secondary N) is 3. The van der Waals surface area contributed by atoms with Crippen molar-refractivity contribution in [2.24, 2.45) is 11.7 Å². The van der Waals surface area contributed by atoms with Gasteiger partial charge in [0.05, 0.1) is 17.1 Å². The Morgan fingerprint density at radius 2 is 1.96 bits per heavy atom. The van der Waals surface area contributed by atoms with Crippen LogP contribution in [-0.4, -0.2) is 27.4 Å². The number of carbonyl (C=O) groups excluding carboxylic acids is 2. The number of aryl methyl sites for hydroxylation is 1. The number of H-pyrrole nitrogens is 1. The number of carbonyl (C=O) groups is 2. The number of urea groups is 1. The van der Waals surface area contributed by atoms with Gasteiger partial charge in [-0.2, -0.15) is 0 Å². The highest BCUT2D eigenvalue weighted by Crippen LogP contribution is 2.29. The first-order valence-electron chi connectivity index (χ1n) is 9.15. The molecular weight excluding hydrogens is 330 g/mol. The van der Waals surface area contributed by atoms with Gasteiger partial charge in [-0.3, -0.25) is 4.79 Å². The van der Waals surface area contributed by atoms with E-state index in [0.29, 0.717) is 18.7 Å². The zero-order chi connectivity index (χ0) is 18.9. The molecule has 7 heteroatoms. The van der Waals surface area contributed by atoms with Crippen molar-refractivity contribution in [1.82, 2.24) is 20.6 Å². The third kappa shape index (κ3) is 3.52. The molecule has 1 heterocycles. The SMILES string of the molecule is Cc1ccc2nc([C@H](NC(=O)NC3(C(N)=O)CCCC3)C(C)C)[nH]c2c1. The molecule has 1 aliphatic carbocycles. The van der Waals surface area contributed by atoms with Gasteiger partial charge in [0.2, 0.25) is 5.91 Å². The summed E-state index contributed by atoms with van der Waals surface area (Å²) in [5, 5.41) is 5.79. The lowest BCUT2D eigenvalue weighted by atomic mass is 9.97. The van der Waals surface area contributed by atoms with Crippen molar-refractivity contribution in [1.29, 1.82) is 0 Å². The number of hydrogen-bond donors (Lipinski definition) is 4. The van der Waals surface area contributed by atoms with Crippen LogP contribution in [-0.2, 0) is 4.79 Å². The molecule has 3 rings (SSSR count). The highest BCUT2D eigenvalue weighted by molar-refractivity contribution is 5.90. The van der Waals surface area contributed by atoms with Crippen molar-refractivity contribution < 1.29 is 9.59 Å². The molecule has 1 aliphatic rings. The molecule has 1 atom stereocenters. The molecular formula is C19H27N5O2. The van der Waals surface area contributed by atoms with Crippen molar-refractivity contribution in [2.75, 3.05) is 0 Å². The maximum absolute atomic E-state index is 12.6. The molecule has 1 fully saturated rings. The monoisotopic (exact) mass is 357 g/mol. The van der Waals surface area contributed by atoms with Gasteiger partial charge in [-0.25, -0.2) is 9.78 Å². The van der Waals surface area contributed by atoms with Crippen LogP contribution in [0.1, 0.15) is 57.0 Å². The summed E-state index contributed by atoms with van der Waals surface area (Å²) >= 11 is 0. The number of rotatable bonds is 5. The van der Waals surface area contributed by atoms with E-state index in [-0.39, 0.29) is 18.0 Å². The molecule has 3 amide bonds. The van der Waals surface area contributed by atoms with Crippen molar-refractivity contribution in [3.8, 4) is 0 Å². The number of benzene rings is 1. The van der Waals surface area contributed by atoms with Gasteiger partial charge in [-0.15, -0.1) is 0 Å². The number of amides is 3. The Morgan fingerprint density at radius 1 is 1.27 bits per heavy atom. The lowest BCUT2D eigenvalue weighted by Crippen LogP contribution is -2.58. The molecule has 2 aromatic rings. The molecule has 140 valence electrons. The van der Waals surface area contributed by atoms with E-state index in [2.05, 4.69) is 20.6 Å². The summed E-state index contributed by atoms with van der Waals surface area (Å²) in [6, 6.07) is 5.32. The van der Waals surface area contributed by atoms with Crippen LogP contribution in [0.5, 0.6) is 0 Å². The Bertz CT molecular complexity index is 820. The summed E-state index contributed by atoms with van der Waals surface area (Å²) in [6.07, 6.45) is 2.96. The Hall–Kier alpha value is -2.57. The minimum absolute atomic E-state index is 0.121. The second kappa shape index (κ2) is 6.97. The van der Waals surface area contributed by atoms with Gasteiger partial charge in [-0.1, -0.05) is 32.8 Å². The van der Waals surface area contributed by atoms with E-state index < -0.39 is 11.4 Å². The highest BCUT2D eigenvalue weighted by Gasteiger charge is 2.41. The van der Waals surface area contributed by atoms with Crippen LogP contribution in [0, 0.1) is 12.8 Å². The summed E-state index contributed by atoms with van der Waals surface area (Å²) in [4.78, 5) is 32.4. The molecule has 1 aromatic heterocycles. The zero-order valence-electron chi connectivity index (χ0n) is 15.6. The lowest BCUT2D eigenvalue weighted by molar-refractivity contribution is -0.123. The summed E-state index contributed by atoms with van der Waals surface area (Å²) in [5.74, 6) is 0.358. The fourth-order valence-corrected chi connectivity index (χ4v) is 3.65. The second-order valence-electron chi connectivity index (χ2n) is 7.62. The van der Waals surface area contributed by atoms with Gasteiger partial charge in [0.1, 0.15) is 11.4 Å². The minimum atomic E-state index is -0.934. The summed E-state index contributed by atoms with van der Waals surface area (Å²) in [5.41, 5.74) is 7.56. The zero-order valence-corrected chi connectivity index (χ0v) is 15.6. The second-order valence-corrected chi connectivity index (χ2v) is 7.62. The third-order valence-electron chi connectivity index (χ3n) is 5.19. The minimum Gasteiger partial charge on any atom is -0.368 e. The molecule has 0 unspecified atom stereocenters. The number of hydrogen-bond acceptors (Lipinski definition) is 3. The van der Waals surface area contributed by atoms with E-state index in [4.69, 9.17) is 5.73 Å². The Balaban J connectivity index is 1.79. The van der Waals surface area contributed by atoms with Crippen LogP contribution in [0.3, 0.4) is 0 Å². The lowest BCUT2D eigenvalue weighted by Gasteiger charge is -2.28. The summed E-state index contributed by atoms with van der Waals surface area (Å²) in [7, 11) is 0. The van der Waals surface area contributed by atoms with E-state index in [0.717, 1.165) is 29.4 Å². The Kier molecular flexibility index (Phi) is 4.89. The van der Waals surface area contributed by atoms with Crippen LogP contribution in [0.4, 0.5) is 4.79 Å². The van der Waals surface area contributed by atoms with E-state index in [1.807, 2.05) is 39.0 Å². The maximum atomic E-state index is 12.6. The first kappa shape index (κ1) is 18.2. The van der Waals surface area contributed by atoms with Crippen LogP contribution in [0.15, 0.2) is 18.2 Å². The van der Waals surface area contributed by atoms with Gasteiger partial charge in [0, 0.05) is 0 Å². The topological polar surface area (TPSA) is 113 Å². The van der Waals surface area contributed by atoms with E-state index in [9.17, 15) is 9.59 Å². The highest BCUT2D eigenvalue weighted by atomic mass is 16.2. The van der Waals surface area contributed by atoms with E-state index in [1.54, 1.807) is 0 Å². The molecule has 1 saturated carbocycles. The van der Waals surface area contributed by atoms with Gasteiger partial charge in [-0.05, 0) is 43.4 Å². The Labute approximate surface area is 153 Å². The van der Waals surface area contributed by atoms with Crippen molar-refractivity contribution in [3.63, 3.8) is 0 Å². The fraction of sp³-hybridized carbons (Fsp3) is 0.526. The van der Waals surface area contributed by atoms with Gasteiger partial charge in [0.15, 0.2) is 0 Å². The molecule has 0 spiro atoms. The molecule has 0 aliphatic heterocycles. The van der Waals surface area contributed by atoms with Crippen LogP contribution in [0.2, 0.25) is 0 Å². The van der Waals surface area contributed by atoms with Crippen LogP contribution < -0.4 is 16.4 Å². The van der Waals surface area contributed by atoms with Crippen LogP contribution >= 0.6 is 0 Å². The Morgan fingerprint density at radius 3 is 2.58 bits per heavy atom. The quantitative estimate of drug-likeness (QED) is 0.660. The first-order valence-corrected chi connectivity index (χ1v) is 9.15. The number of fused-ring (bicyclic) bond motifs is 1. The van der Waals surface area contributed by atoms with Crippen molar-refractivity contribution in [2.45, 2.75) is 58.0 Å². The molecule has 0 saturated heterocycles. The van der Waals surface area contributed by atoms with Gasteiger partial charge in [0.25, 0.3) is 0 Å². The molecule has 7 nitrogen and oxygen atoms in total. The molecule has 1 aromatic carbocycles.